The second-order valence-corrected chi connectivity index (χ2v) is 12.3. The van der Waals surface area contributed by atoms with Gasteiger partial charge in [0.15, 0.2) is 17.2 Å². The van der Waals surface area contributed by atoms with Gasteiger partial charge in [0.2, 0.25) is 5.82 Å². The number of methoxy groups -OCH3 is 1. The first-order chi connectivity index (χ1) is 21.4. The number of anilines is 2. The average Bonchev–Trinajstić information content (AvgIpc) is 3.64. The zero-order valence-corrected chi connectivity index (χ0v) is 25.7. The summed E-state index contributed by atoms with van der Waals surface area (Å²) in [4.78, 5) is 40.4. The molecule has 10 nitrogen and oxygen atoms in total. The summed E-state index contributed by atoms with van der Waals surface area (Å²) in [7, 11) is 1.04. The normalized spacial score (nSPS) is 23.0. The first-order valence-electron chi connectivity index (χ1n) is 14.2. The third kappa shape index (κ3) is 5.67. The highest BCUT2D eigenvalue weighted by molar-refractivity contribution is 6.10. The molecule has 15 heteroatoms. The van der Waals surface area contributed by atoms with Crippen molar-refractivity contribution in [1.82, 2.24) is 9.78 Å². The summed E-state index contributed by atoms with van der Waals surface area (Å²) in [6.45, 7) is 7.13. The number of benzene rings is 2. The number of nitrogens with zero attached hydrogens (tertiary/aromatic N) is 3. The highest BCUT2D eigenvalue weighted by Gasteiger charge is 2.66. The lowest BCUT2D eigenvalue weighted by molar-refractivity contribution is -0.272. The summed E-state index contributed by atoms with van der Waals surface area (Å²) in [5, 5.41) is 6.53. The lowest BCUT2D eigenvalue weighted by atomic mass is 9.77. The van der Waals surface area contributed by atoms with E-state index in [-0.39, 0.29) is 17.8 Å². The minimum absolute atomic E-state index is 0.0374. The molecular weight excluding hydrogens is 619 g/mol. The van der Waals surface area contributed by atoms with Crippen LogP contribution >= 0.6 is 0 Å². The van der Waals surface area contributed by atoms with Gasteiger partial charge >= 0.3 is 12.3 Å². The predicted molar refractivity (Wildman–Crippen MR) is 154 cm³/mol. The quantitative estimate of drug-likeness (QED) is 0.328. The maximum atomic E-state index is 14.6. The van der Waals surface area contributed by atoms with Crippen molar-refractivity contribution in [3.63, 3.8) is 0 Å². The van der Waals surface area contributed by atoms with E-state index in [0.29, 0.717) is 16.8 Å². The molecule has 0 spiro atoms. The molecule has 2 amide bonds. The fourth-order valence-electron chi connectivity index (χ4n) is 5.72. The second kappa shape index (κ2) is 11.4. The molecule has 0 aliphatic carbocycles. The zero-order chi connectivity index (χ0) is 33.9. The van der Waals surface area contributed by atoms with Gasteiger partial charge in [0.1, 0.15) is 11.7 Å². The number of hydrogen-bond acceptors (Lipinski definition) is 7. The van der Waals surface area contributed by atoms with Gasteiger partial charge in [-0.2, -0.15) is 27.3 Å². The largest absolute Gasteiger partial charge is 0.493 e. The Morgan fingerprint density at radius 2 is 1.83 bits per heavy atom. The first kappa shape index (κ1) is 32.9. The van der Waals surface area contributed by atoms with Gasteiger partial charge < -0.3 is 24.4 Å². The highest BCUT2D eigenvalue weighted by atomic mass is 19.4. The van der Waals surface area contributed by atoms with E-state index in [2.05, 4.69) is 10.4 Å². The van der Waals surface area contributed by atoms with Gasteiger partial charge in [-0.25, -0.2) is 9.18 Å². The van der Waals surface area contributed by atoms with Crippen molar-refractivity contribution in [2.24, 2.45) is 5.92 Å². The van der Waals surface area contributed by atoms with Crippen molar-refractivity contribution in [2.75, 3.05) is 17.3 Å². The molecule has 1 fully saturated rings. The molecule has 1 saturated heterocycles. The molecule has 4 atom stereocenters. The summed E-state index contributed by atoms with van der Waals surface area (Å²) in [5.74, 6) is -7.50. The standard InChI is InChI=1S/C31H31F5N4O6/c1-15-22(20-9-10-21(32)23(33)24(20)44-6)25(45-30(15,5)31(34,35)36)26(41)38-17-7-8-19-16(11-17)13-39(27(19)42)18-12-37-40(14-18)28(43)46-29(2,3)4/h7-12,14-15,22,25H,13H2,1-6H3,(H,38,41)/t15-,22-,25+,30+/m0/s1. The number of fused-ring (bicyclic) bond motifs is 1. The highest BCUT2D eigenvalue weighted by Crippen LogP contribution is 2.55. The topological polar surface area (TPSA) is 112 Å². The van der Waals surface area contributed by atoms with E-state index >= 15 is 0 Å². The van der Waals surface area contributed by atoms with Crippen LogP contribution < -0.4 is 15.0 Å². The summed E-state index contributed by atoms with van der Waals surface area (Å²) >= 11 is 0. The zero-order valence-electron chi connectivity index (χ0n) is 25.7. The molecule has 0 radical (unpaired) electrons. The predicted octanol–water partition coefficient (Wildman–Crippen LogP) is 6.19. The average molecular weight is 651 g/mol. The number of carbonyl (C=O) groups is 3. The summed E-state index contributed by atoms with van der Waals surface area (Å²) in [5.41, 5.74) is -2.52. The minimum Gasteiger partial charge on any atom is -0.493 e. The summed E-state index contributed by atoms with van der Waals surface area (Å²) < 4.78 is 88.1. The Morgan fingerprint density at radius 3 is 2.46 bits per heavy atom. The van der Waals surface area contributed by atoms with Crippen molar-refractivity contribution in [3.8, 4) is 5.75 Å². The van der Waals surface area contributed by atoms with E-state index in [1.807, 2.05) is 0 Å². The molecule has 1 N–H and O–H groups in total. The van der Waals surface area contributed by atoms with E-state index in [1.54, 1.807) is 20.8 Å². The van der Waals surface area contributed by atoms with Crippen LogP contribution in [0.15, 0.2) is 42.7 Å². The fourth-order valence-corrected chi connectivity index (χ4v) is 5.72. The molecule has 2 aromatic carbocycles. The molecular formula is C31H31F5N4O6. The van der Waals surface area contributed by atoms with Gasteiger partial charge in [0.05, 0.1) is 31.7 Å². The molecule has 1 aromatic heterocycles. The van der Waals surface area contributed by atoms with Crippen LogP contribution in [0.5, 0.6) is 5.75 Å². The Hall–Kier alpha value is -4.53. The van der Waals surface area contributed by atoms with E-state index in [4.69, 9.17) is 14.2 Å². The SMILES string of the molecule is COc1c([C@H]2[C@H](C(=O)Nc3ccc4c(c3)CN(c3cnn(C(=O)OC(C)(C)C)c3)C4=O)O[C@@](C)(C(F)(F)F)[C@H]2C)ccc(F)c1F. The molecule has 2 aliphatic rings. The van der Waals surface area contributed by atoms with Gasteiger partial charge in [-0.3, -0.25) is 9.59 Å². The number of carbonyl (C=O) groups excluding carboxylic acids is 3. The van der Waals surface area contributed by atoms with Gasteiger partial charge in [-0.05, 0) is 57.5 Å². The van der Waals surface area contributed by atoms with Crippen molar-refractivity contribution in [2.45, 2.75) is 70.6 Å². The van der Waals surface area contributed by atoms with Crippen LogP contribution in [0.1, 0.15) is 62.0 Å². The lowest BCUT2D eigenvalue weighted by Crippen LogP contribution is -2.47. The Labute approximate surface area is 260 Å². The number of halogens is 5. The molecule has 0 unspecified atom stereocenters. The lowest BCUT2D eigenvalue weighted by Gasteiger charge is -2.32. The van der Waals surface area contributed by atoms with Crippen molar-refractivity contribution in [1.29, 1.82) is 0 Å². The third-order valence-corrected chi connectivity index (χ3v) is 8.21. The second-order valence-electron chi connectivity index (χ2n) is 12.3. The van der Waals surface area contributed by atoms with Gasteiger partial charge in [0, 0.05) is 28.7 Å². The maximum Gasteiger partial charge on any atom is 0.435 e. The minimum atomic E-state index is -4.92. The number of hydrogen-bond donors (Lipinski definition) is 1. The number of alkyl halides is 3. The fraction of sp³-hybridized carbons (Fsp3) is 0.419. The van der Waals surface area contributed by atoms with Crippen LogP contribution in [0.4, 0.5) is 38.1 Å². The smallest absolute Gasteiger partial charge is 0.435 e. The first-order valence-corrected chi connectivity index (χ1v) is 14.2. The Kier molecular flexibility index (Phi) is 8.12. The van der Waals surface area contributed by atoms with Crippen LogP contribution in [0, 0.1) is 17.6 Å². The van der Waals surface area contributed by atoms with Crippen molar-refractivity contribution in [3.05, 3.63) is 71.1 Å². The maximum absolute atomic E-state index is 14.6. The van der Waals surface area contributed by atoms with Gasteiger partial charge in [-0.1, -0.05) is 13.0 Å². The van der Waals surface area contributed by atoms with E-state index in [1.165, 1.54) is 42.4 Å². The molecule has 246 valence electrons. The molecule has 5 rings (SSSR count). The van der Waals surface area contributed by atoms with Gasteiger partial charge in [-0.15, -0.1) is 0 Å². The molecule has 3 heterocycles. The number of aromatic nitrogens is 2. The molecule has 2 aliphatic heterocycles. The van der Waals surface area contributed by atoms with Crippen LogP contribution in [-0.4, -0.2) is 58.3 Å². The van der Waals surface area contributed by atoms with Crippen molar-refractivity contribution >= 4 is 29.3 Å². The van der Waals surface area contributed by atoms with Crippen molar-refractivity contribution < 1.29 is 50.5 Å². The van der Waals surface area contributed by atoms with E-state index in [9.17, 15) is 36.3 Å². The van der Waals surface area contributed by atoms with Crippen LogP contribution in [0.3, 0.4) is 0 Å². The number of amides is 2. The molecule has 0 bridgehead atoms. The molecule has 0 saturated carbocycles. The number of nitrogens with one attached hydrogen (secondary N) is 1. The van der Waals surface area contributed by atoms with Gasteiger partial charge in [0.25, 0.3) is 11.8 Å². The van der Waals surface area contributed by atoms with E-state index < -0.39 is 70.6 Å². The monoisotopic (exact) mass is 650 g/mol. The Bertz CT molecular complexity index is 1720. The van der Waals surface area contributed by atoms with Crippen LogP contribution in [0.25, 0.3) is 0 Å². The number of ether oxygens (including phenoxy) is 3. The van der Waals surface area contributed by atoms with E-state index in [0.717, 1.165) is 30.8 Å². The van der Waals surface area contributed by atoms with Crippen LogP contribution in [-0.2, 0) is 20.8 Å². The Morgan fingerprint density at radius 1 is 1.13 bits per heavy atom. The molecule has 3 aromatic rings. The summed E-state index contributed by atoms with van der Waals surface area (Å²) in [6.07, 6.45) is -4.79. The summed E-state index contributed by atoms with van der Waals surface area (Å²) in [6, 6.07) is 6.15. The number of rotatable bonds is 5. The van der Waals surface area contributed by atoms with Crippen LogP contribution in [0.2, 0.25) is 0 Å². The Balaban J connectivity index is 1.40. The molecule has 46 heavy (non-hydrogen) atoms. The third-order valence-electron chi connectivity index (χ3n) is 8.21.